The highest BCUT2D eigenvalue weighted by Crippen LogP contribution is 2.34. The Morgan fingerprint density at radius 3 is 1.67 bits per heavy atom. The first-order valence-corrected chi connectivity index (χ1v) is 15.0. The highest BCUT2D eigenvalue weighted by molar-refractivity contribution is 5.96. The summed E-state index contributed by atoms with van der Waals surface area (Å²) < 4.78 is 17.7. The largest absolute Gasteiger partial charge is 0.493 e. The molecule has 0 fully saturated rings. The number of benzene rings is 4. The van der Waals surface area contributed by atoms with Gasteiger partial charge in [-0.05, 0) is 110 Å². The zero-order valence-electron chi connectivity index (χ0n) is 25.9. The molecule has 4 rings (SSSR count). The molecule has 1 unspecified atom stereocenters. The monoisotopic (exact) mass is 578 g/mol. The average molecular weight is 579 g/mol. The van der Waals surface area contributed by atoms with E-state index < -0.39 is 0 Å². The van der Waals surface area contributed by atoms with Gasteiger partial charge >= 0.3 is 5.97 Å². The number of carbonyl (C=O) groups excluding carboxylic acids is 2. The maximum absolute atomic E-state index is 12.5. The topological polar surface area (TPSA) is 61.8 Å². The fraction of sp³-hybridized carbons (Fsp3) is 0.316. The van der Waals surface area contributed by atoms with Crippen LogP contribution in [0.1, 0.15) is 69.2 Å². The minimum atomic E-state index is -0.316. The Kier molecular flexibility index (Phi) is 11.2. The lowest BCUT2D eigenvalue weighted by Gasteiger charge is -2.18. The number of Topliss-reactive ketones (excluding diaryl/α,β-unsaturated/α-hetero) is 1. The lowest BCUT2D eigenvalue weighted by Crippen LogP contribution is -2.12. The van der Waals surface area contributed by atoms with E-state index in [2.05, 4.69) is 58.9 Å². The van der Waals surface area contributed by atoms with Crippen molar-refractivity contribution in [3.05, 3.63) is 118 Å². The van der Waals surface area contributed by atoms with Crippen LogP contribution in [-0.4, -0.2) is 31.6 Å². The summed E-state index contributed by atoms with van der Waals surface area (Å²) in [7, 11) is 0. The molecule has 0 bridgehead atoms. The summed E-state index contributed by atoms with van der Waals surface area (Å²) in [6, 6.07) is 27.1. The molecule has 0 saturated carbocycles. The molecule has 0 aromatic heterocycles. The van der Waals surface area contributed by atoms with Crippen LogP contribution < -0.4 is 9.47 Å². The molecular formula is C38H42O5. The van der Waals surface area contributed by atoms with Crippen LogP contribution in [0.2, 0.25) is 0 Å². The summed E-state index contributed by atoms with van der Waals surface area (Å²) in [5, 5.41) is 0. The second-order valence-electron chi connectivity index (χ2n) is 11.3. The molecule has 4 aromatic rings. The molecule has 0 N–H and O–H groups in total. The molecule has 0 heterocycles. The lowest BCUT2D eigenvalue weighted by molar-refractivity contribution is 0.0485. The fourth-order valence-corrected chi connectivity index (χ4v) is 5.20. The van der Waals surface area contributed by atoms with Crippen molar-refractivity contribution < 1.29 is 23.8 Å². The molecule has 0 aliphatic rings. The third kappa shape index (κ3) is 8.81. The molecule has 0 spiro atoms. The van der Waals surface area contributed by atoms with Gasteiger partial charge in [0.2, 0.25) is 0 Å². The molecule has 0 aliphatic heterocycles. The van der Waals surface area contributed by atoms with E-state index in [4.69, 9.17) is 14.2 Å². The molecule has 5 nitrogen and oxygen atoms in total. The number of ether oxygens (including phenoxy) is 3. The van der Waals surface area contributed by atoms with Crippen LogP contribution in [0.4, 0.5) is 0 Å². The summed E-state index contributed by atoms with van der Waals surface area (Å²) in [5.74, 6) is 1.90. The molecule has 0 saturated heterocycles. The Balaban J connectivity index is 1.29. The minimum Gasteiger partial charge on any atom is -0.493 e. The van der Waals surface area contributed by atoms with E-state index in [0.717, 1.165) is 56.9 Å². The zero-order chi connectivity index (χ0) is 30.8. The highest BCUT2D eigenvalue weighted by atomic mass is 16.5. The van der Waals surface area contributed by atoms with E-state index in [1.165, 1.54) is 0 Å². The van der Waals surface area contributed by atoms with E-state index in [1.54, 1.807) is 12.1 Å². The number of hydrogen-bond acceptors (Lipinski definition) is 5. The van der Waals surface area contributed by atoms with Crippen LogP contribution in [0.3, 0.4) is 0 Å². The van der Waals surface area contributed by atoms with Gasteiger partial charge < -0.3 is 14.2 Å². The van der Waals surface area contributed by atoms with Gasteiger partial charge in [-0.25, -0.2) is 4.79 Å². The molecule has 5 heteroatoms. The first kappa shape index (κ1) is 31.6. The van der Waals surface area contributed by atoms with Gasteiger partial charge in [-0.15, -0.1) is 0 Å². The Morgan fingerprint density at radius 1 is 0.651 bits per heavy atom. The molecule has 0 amide bonds. The number of ketones is 1. The molecule has 43 heavy (non-hydrogen) atoms. The Morgan fingerprint density at radius 2 is 1.14 bits per heavy atom. The minimum absolute atomic E-state index is 0.176. The third-order valence-corrected chi connectivity index (χ3v) is 7.50. The second kappa shape index (κ2) is 15.2. The lowest BCUT2D eigenvalue weighted by atomic mass is 9.96. The maximum atomic E-state index is 12.5. The van der Waals surface area contributed by atoms with Crippen molar-refractivity contribution in [2.24, 2.45) is 5.92 Å². The van der Waals surface area contributed by atoms with Crippen molar-refractivity contribution in [1.29, 1.82) is 0 Å². The first-order valence-electron chi connectivity index (χ1n) is 15.0. The van der Waals surface area contributed by atoms with Gasteiger partial charge in [0, 0.05) is 18.4 Å². The summed E-state index contributed by atoms with van der Waals surface area (Å²) in [6.45, 7) is 11.7. The number of aryl methyl sites for hydroxylation is 4. The molecule has 224 valence electrons. The number of hydrogen-bond donors (Lipinski definition) is 0. The van der Waals surface area contributed by atoms with Crippen LogP contribution in [0.5, 0.6) is 11.5 Å². The van der Waals surface area contributed by atoms with Crippen molar-refractivity contribution >= 4 is 11.8 Å². The number of rotatable bonds is 14. The van der Waals surface area contributed by atoms with Crippen molar-refractivity contribution in [3.63, 3.8) is 0 Å². The van der Waals surface area contributed by atoms with Gasteiger partial charge in [0.15, 0.2) is 5.78 Å². The molecule has 0 radical (unpaired) electrons. The van der Waals surface area contributed by atoms with Crippen molar-refractivity contribution in [1.82, 2.24) is 0 Å². The predicted molar refractivity (Wildman–Crippen MR) is 172 cm³/mol. The van der Waals surface area contributed by atoms with E-state index >= 15 is 0 Å². The SMILES string of the molecule is Cc1cc(-c2cc(C)c(OCC(C)CCC(=O)c3ccccc3)c(C)c2)cc(C)c1OCCCOC(=O)c1ccccc1. The van der Waals surface area contributed by atoms with Gasteiger partial charge in [-0.1, -0.05) is 55.5 Å². The Labute approximate surface area is 255 Å². The smallest absolute Gasteiger partial charge is 0.338 e. The van der Waals surface area contributed by atoms with Gasteiger partial charge in [-0.2, -0.15) is 0 Å². The molecule has 1 atom stereocenters. The average Bonchev–Trinajstić information content (AvgIpc) is 3.01. The Hall–Kier alpha value is -4.38. The summed E-state index contributed by atoms with van der Waals surface area (Å²) >= 11 is 0. The first-order chi connectivity index (χ1) is 20.7. The van der Waals surface area contributed by atoms with E-state index in [9.17, 15) is 9.59 Å². The maximum Gasteiger partial charge on any atom is 0.338 e. The summed E-state index contributed by atoms with van der Waals surface area (Å²) in [5.41, 5.74) is 7.88. The van der Waals surface area contributed by atoms with Gasteiger partial charge in [0.1, 0.15) is 11.5 Å². The van der Waals surface area contributed by atoms with Crippen LogP contribution in [0.25, 0.3) is 11.1 Å². The molecular weight excluding hydrogens is 536 g/mol. The van der Waals surface area contributed by atoms with Gasteiger partial charge in [0.05, 0.1) is 25.4 Å². The predicted octanol–water partition coefficient (Wildman–Crippen LogP) is 8.89. The highest BCUT2D eigenvalue weighted by Gasteiger charge is 2.14. The standard InChI is InChI=1S/C38H42O5/c1-26(17-18-35(39)31-13-8-6-9-14-31)25-43-37-29(4)23-34(24-30(37)5)33-21-27(2)36(28(3)22-33)41-19-12-20-42-38(40)32-15-10-7-11-16-32/h6-11,13-16,21-24,26H,12,17-20,25H2,1-5H3. The van der Waals surface area contributed by atoms with Crippen LogP contribution >= 0.6 is 0 Å². The van der Waals surface area contributed by atoms with Crippen molar-refractivity contribution in [2.75, 3.05) is 19.8 Å². The zero-order valence-corrected chi connectivity index (χ0v) is 25.9. The number of esters is 1. The second-order valence-corrected chi connectivity index (χ2v) is 11.3. The van der Waals surface area contributed by atoms with E-state index in [0.29, 0.717) is 38.2 Å². The van der Waals surface area contributed by atoms with E-state index in [1.807, 2.05) is 48.5 Å². The molecule has 0 aliphatic carbocycles. The van der Waals surface area contributed by atoms with Crippen LogP contribution in [0, 0.1) is 33.6 Å². The third-order valence-electron chi connectivity index (χ3n) is 7.50. The normalized spacial score (nSPS) is 11.6. The summed E-state index contributed by atoms with van der Waals surface area (Å²) in [6.07, 6.45) is 1.92. The fourth-order valence-electron chi connectivity index (χ4n) is 5.20. The number of carbonyl (C=O) groups is 2. The van der Waals surface area contributed by atoms with Crippen molar-refractivity contribution in [3.8, 4) is 22.6 Å². The van der Waals surface area contributed by atoms with Crippen LogP contribution in [0.15, 0.2) is 84.9 Å². The van der Waals surface area contributed by atoms with Crippen molar-refractivity contribution in [2.45, 2.75) is 53.9 Å². The van der Waals surface area contributed by atoms with Gasteiger partial charge in [-0.3, -0.25) is 4.79 Å². The van der Waals surface area contributed by atoms with Crippen LogP contribution in [-0.2, 0) is 4.74 Å². The Bertz CT molecular complexity index is 1480. The quantitative estimate of drug-likeness (QED) is 0.0849. The van der Waals surface area contributed by atoms with Gasteiger partial charge in [0.25, 0.3) is 0 Å². The summed E-state index contributed by atoms with van der Waals surface area (Å²) in [4.78, 5) is 24.6. The van der Waals surface area contributed by atoms with E-state index in [-0.39, 0.29) is 17.7 Å². The molecule has 4 aromatic carbocycles.